The normalized spacial score (nSPS) is 25.5. The third kappa shape index (κ3) is 2.08. The van der Waals surface area contributed by atoms with Crippen LogP contribution in [0.1, 0.15) is 0 Å². The molecule has 82 valence electrons. The third-order valence-corrected chi connectivity index (χ3v) is 26.3. The molecule has 8 heteroatoms. The molecule has 1 saturated heterocycles. The summed E-state index contributed by atoms with van der Waals surface area (Å²) in [6.07, 6.45) is 0. The van der Waals surface area contributed by atoms with Gasteiger partial charge in [-0.05, 0) is 39.3 Å². The molecule has 0 aromatic heterocycles. The standard InChI is InChI=1S/C6H18Cl2N2Si4/c1-11(7)9-12(2)10(13(3,4)8)14(9,5)6/h1-6H3. The Morgan fingerprint density at radius 2 is 1.79 bits per heavy atom. The SMILES string of the molecule is C[Si](Cl)N1[Si](C)N([Si](C)(C)Cl)[Si]1(C)C. The van der Waals surface area contributed by atoms with Gasteiger partial charge in [0.1, 0.15) is 0 Å². The lowest BCUT2D eigenvalue weighted by Gasteiger charge is -2.65. The van der Waals surface area contributed by atoms with E-state index in [1.54, 1.807) is 0 Å². The zero-order chi connectivity index (χ0) is 11.3. The molecule has 0 spiro atoms. The first-order valence-electron chi connectivity index (χ1n) is 4.72. The highest BCUT2D eigenvalue weighted by atomic mass is 35.6. The molecule has 0 bridgehead atoms. The van der Waals surface area contributed by atoms with Crippen LogP contribution in [-0.4, -0.2) is 41.1 Å². The summed E-state index contributed by atoms with van der Waals surface area (Å²) in [4.78, 5) is 0. The molecule has 2 nitrogen and oxygen atoms in total. The first-order chi connectivity index (χ1) is 6.10. The first-order valence-corrected chi connectivity index (χ1v) is 16.4. The van der Waals surface area contributed by atoms with Gasteiger partial charge in [-0.15, -0.1) is 22.2 Å². The van der Waals surface area contributed by atoms with Crippen molar-refractivity contribution in [3.8, 4) is 0 Å². The van der Waals surface area contributed by atoms with Crippen molar-refractivity contribution >= 4 is 55.5 Å². The average Bonchev–Trinajstić information content (AvgIpc) is 1.77. The third-order valence-electron chi connectivity index (χ3n) is 2.58. The summed E-state index contributed by atoms with van der Waals surface area (Å²) >= 11 is 12.9. The quantitative estimate of drug-likeness (QED) is 0.571. The maximum atomic E-state index is 6.55. The summed E-state index contributed by atoms with van der Waals surface area (Å²) in [5, 5.41) is 0. The van der Waals surface area contributed by atoms with E-state index >= 15 is 0 Å². The van der Waals surface area contributed by atoms with Gasteiger partial charge in [0.15, 0.2) is 8.40 Å². The lowest BCUT2D eigenvalue weighted by Crippen LogP contribution is -2.89. The fraction of sp³-hybridized carbons (Fsp3) is 1.00. The van der Waals surface area contributed by atoms with Gasteiger partial charge in [0.05, 0.1) is 0 Å². The Kier molecular flexibility index (Phi) is 3.83. The summed E-state index contributed by atoms with van der Waals surface area (Å²) in [6.45, 7) is 13.7. The predicted octanol–water partition coefficient (Wildman–Crippen LogP) is 2.72. The Morgan fingerprint density at radius 3 is 2.00 bits per heavy atom. The van der Waals surface area contributed by atoms with Gasteiger partial charge in [-0.2, -0.15) is 0 Å². The fourth-order valence-electron chi connectivity index (χ4n) is 2.58. The van der Waals surface area contributed by atoms with E-state index in [4.69, 9.17) is 22.2 Å². The molecular weight excluding hydrogens is 283 g/mol. The number of nitrogens with zero attached hydrogens (tertiary/aromatic N) is 2. The van der Waals surface area contributed by atoms with Crippen LogP contribution >= 0.6 is 22.2 Å². The van der Waals surface area contributed by atoms with Gasteiger partial charge in [-0.25, -0.2) is 0 Å². The van der Waals surface area contributed by atoms with Crippen molar-refractivity contribution in [2.24, 2.45) is 0 Å². The second kappa shape index (κ2) is 3.99. The first kappa shape index (κ1) is 13.4. The summed E-state index contributed by atoms with van der Waals surface area (Å²) in [6, 6.07) is 0. The summed E-state index contributed by atoms with van der Waals surface area (Å²) in [5.41, 5.74) is 0. The minimum atomic E-state index is -1.63. The van der Waals surface area contributed by atoms with Crippen LogP contribution in [0.5, 0.6) is 0 Å². The highest BCUT2D eigenvalue weighted by molar-refractivity contribution is 7.29. The van der Waals surface area contributed by atoms with Crippen molar-refractivity contribution in [2.45, 2.75) is 39.3 Å². The van der Waals surface area contributed by atoms with Gasteiger partial charge in [-0.1, -0.05) is 0 Å². The van der Waals surface area contributed by atoms with Crippen LogP contribution in [0.2, 0.25) is 39.3 Å². The van der Waals surface area contributed by atoms with Gasteiger partial charge >= 0.3 is 0 Å². The van der Waals surface area contributed by atoms with Crippen LogP contribution in [0.15, 0.2) is 0 Å². The van der Waals surface area contributed by atoms with E-state index in [2.05, 4.69) is 47.1 Å². The topological polar surface area (TPSA) is 6.48 Å². The van der Waals surface area contributed by atoms with Crippen LogP contribution in [0.4, 0.5) is 0 Å². The zero-order valence-corrected chi connectivity index (χ0v) is 15.2. The van der Waals surface area contributed by atoms with Crippen LogP contribution < -0.4 is 0 Å². The zero-order valence-electron chi connectivity index (χ0n) is 9.65. The van der Waals surface area contributed by atoms with E-state index in [0.717, 1.165) is 0 Å². The summed E-state index contributed by atoms with van der Waals surface area (Å²) in [5.74, 6) is 0. The van der Waals surface area contributed by atoms with E-state index in [1.165, 1.54) is 0 Å². The highest BCUT2D eigenvalue weighted by Gasteiger charge is 2.60. The maximum Gasteiger partial charge on any atom is 0.236 e. The van der Waals surface area contributed by atoms with Crippen LogP contribution in [0.3, 0.4) is 0 Å². The second-order valence-corrected chi connectivity index (χ2v) is 22.3. The van der Waals surface area contributed by atoms with E-state index in [-0.39, 0.29) is 0 Å². The molecule has 0 aromatic carbocycles. The van der Waals surface area contributed by atoms with Crippen molar-refractivity contribution in [3.63, 3.8) is 0 Å². The molecule has 0 atom stereocenters. The Morgan fingerprint density at radius 1 is 1.36 bits per heavy atom. The molecular formula is C6H18Cl2N2Si4. The number of halogens is 2. The van der Waals surface area contributed by atoms with Gasteiger partial charge in [0.25, 0.3) is 0 Å². The molecule has 0 N–H and O–H groups in total. The lowest BCUT2D eigenvalue weighted by molar-refractivity contribution is 0.674. The predicted molar refractivity (Wildman–Crippen MR) is 73.6 cm³/mol. The fourth-order valence-corrected chi connectivity index (χ4v) is 31.9. The minimum Gasteiger partial charge on any atom is -0.334 e. The minimum absolute atomic E-state index is 0.562. The number of hydrogen-bond donors (Lipinski definition) is 0. The number of rotatable bonds is 2. The molecule has 0 unspecified atom stereocenters. The Balaban J connectivity index is 2.87. The van der Waals surface area contributed by atoms with Crippen LogP contribution in [-0.2, 0) is 0 Å². The van der Waals surface area contributed by atoms with Gasteiger partial charge in [-0.3, -0.25) is 0 Å². The Hall–Kier alpha value is 1.37. The smallest absolute Gasteiger partial charge is 0.236 e. The van der Waals surface area contributed by atoms with Crippen LogP contribution in [0, 0.1) is 0 Å². The Labute approximate surface area is 102 Å². The van der Waals surface area contributed by atoms with Crippen molar-refractivity contribution in [1.82, 2.24) is 7.79 Å². The molecule has 1 aliphatic heterocycles. The monoisotopic (exact) mass is 300 g/mol. The molecule has 1 aliphatic rings. The van der Waals surface area contributed by atoms with Crippen LogP contribution in [0.25, 0.3) is 0 Å². The van der Waals surface area contributed by atoms with E-state index < -0.39 is 33.3 Å². The molecule has 1 fully saturated rings. The molecule has 2 radical (unpaired) electrons. The van der Waals surface area contributed by atoms with Crippen molar-refractivity contribution in [3.05, 3.63) is 0 Å². The van der Waals surface area contributed by atoms with Gasteiger partial charge in [0, 0.05) is 0 Å². The highest BCUT2D eigenvalue weighted by Crippen LogP contribution is 2.38. The molecule has 0 aliphatic carbocycles. The van der Waals surface area contributed by atoms with E-state index in [1.807, 2.05) is 0 Å². The summed E-state index contributed by atoms with van der Waals surface area (Å²) in [7, 11) is -4.40. The van der Waals surface area contributed by atoms with Gasteiger partial charge < -0.3 is 7.79 Å². The molecule has 14 heavy (non-hydrogen) atoms. The molecule has 0 amide bonds. The maximum absolute atomic E-state index is 6.55. The van der Waals surface area contributed by atoms with E-state index in [9.17, 15) is 0 Å². The van der Waals surface area contributed by atoms with Crippen molar-refractivity contribution in [2.75, 3.05) is 0 Å². The van der Waals surface area contributed by atoms with E-state index in [0.29, 0.717) is 0 Å². The molecule has 1 rings (SSSR count). The summed E-state index contributed by atoms with van der Waals surface area (Å²) < 4.78 is 5.30. The largest absolute Gasteiger partial charge is 0.334 e. The molecule has 0 saturated carbocycles. The lowest BCUT2D eigenvalue weighted by atomic mass is 11.9. The molecule has 1 heterocycles. The average molecular weight is 301 g/mol. The molecule has 0 aromatic rings. The van der Waals surface area contributed by atoms with Gasteiger partial charge in [0.2, 0.25) is 24.9 Å². The number of hydrogen-bond acceptors (Lipinski definition) is 2. The second-order valence-electron chi connectivity index (χ2n) is 4.62. The van der Waals surface area contributed by atoms with Crippen molar-refractivity contribution in [1.29, 1.82) is 0 Å². The van der Waals surface area contributed by atoms with Crippen molar-refractivity contribution < 1.29 is 0 Å². The Bertz CT molecular complexity index is 230.